The van der Waals surface area contributed by atoms with Crippen LogP contribution in [0.1, 0.15) is 72.6 Å². The van der Waals surface area contributed by atoms with Crippen LogP contribution in [-0.2, 0) is 9.59 Å². The van der Waals surface area contributed by atoms with Crippen LogP contribution in [-0.4, -0.2) is 34.3 Å². The molecule has 0 aromatic rings. The van der Waals surface area contributed by atoms with Gasteiger partial charge in [-0.2, -0.15) is 0 Å². The van der Waals surface area contributed by atoms with Crippen molar-refractivity contribution in [3.05, 3.63) is 0 Å². The minimum absolute atomic E-state index is 0.0408. The van der Waals surface area contributed by atoms with E-state index in [2.05, 4.69) is 12.2 Å². The van der Waals surface area contributed by atoms with Crippen LogP contribution in [0.5, 0.6) is 0 Å². The Morgan fingerprint density at radius 1 is 1.19 bits per heavy atom. The van der Waals surface area contributed by atoms with Crippen molar-refractivity contribution in [3.8, 4) is 0 Å². The van der Waals surface area contributed by atoms with Gasteiger partial charge in [-0.1, -0.05) is 40.5 Å². The van der Waals surface area contributed by atoms with E-state index >= 15 is 0 Å². The zero-order valence-electron chi connectivity index (χ0n) is 13.9. The Morgan fingerprint density at radius 3 is 2.38 bits per heavy atom. The Hall–Kier alpha value is -1.06. The first-order valence-electron chi connectivity index (χ1n) is 8.63. The van der Waals surface area contributed by atoms with Gasteiger partial charge in [0.25, 0.3) is 0 Å². The Balaban J connectivity index is 2.32. The van der Waals surface area contributed by atoms with Crippen molar-refractivity contribution in [1.82, 2.24) is 10.2 Å². The van der Waals surface area contributed by atoms with Crippen molar-refractivity contribution >= 4 is 11.8 Å². The maximum atomic E-state index is 13.1. The summed E-state index contributed by atoms with van der Waals surface area (Å²) in [5, 5.41) is 3.03. The molecule has 2 amide bonds. The SMILES string of the molecule is CCC1C(=O)NC(CC)(CC)C(=O)N1C1CCCC(C)C1. The molecule has 0 aromatic carbocycles. The van der Waals surface area contributed by atoms with Crippen molar-refractivity contribution in [2.45, 2.75) is 90.3 Å². The minimum Gasteiger partial charge on any atom is -0.340 e. The first-order valence-corrected chi connectivity index (χ1v) is 8.63. The molecule has 1 saturated carbocycles. The van der Waals surface area contributed by atoms with Gasteiger partial charge in [0.15, 0.2) is 0 Å². The molecule has 4 heteroatoms. The molecular weight excluding hydrogens is 264 g/mol. The van der Waals surface area contributed by atoms with Crippen LogP contribution in [0, 0.1) is 5.92 Å². The summed E-state index contributed by atoms with van der Waals surface area (Å²) in [6.07, 6.45) is 6.54. The summed E-state index contributed by atoms with van der Waals surface area (Å²) in [6.45, 7) is 8.25. The van der Waals surface area contributed by atoms with E-state index in [-0.39, 0.29) is 23.9 Å². The number of rotatable bonds is 4. The Morgan fingerprint density at radius 2 is 1.86 bits per heavy atom. The van der Waals surface area contributed by atoms with Crippen molar-refractivity contribution in [1.29, 1.82) is 0 Å². The van der Waals surface area contributed by atoms with E-state index in [0.717, 1.165) is 12.8 Å². The Bertz CT molecular complexity index is 404. The predicted octanol–water partition coefficient (Wildman–Crippen LogP) is 2.86. The van der Waals surface area contributed by atoms with Crippen molar-refractivity contribution in [2.24, 2.45) is 5.92 Å². The number of carbonyl (C=O) groups excluding carboxylic acids is 2. The van der Waals surface area contributed by atoms with E-state index in [4.69, 9.17) is 0 Å². The zero-order valence-corrected chi connectivity index (χ0v) is 13.9. The molecule has 0 aromatic heterocycles. The molecule has 21 heavy (non-hydrogen) atoms. The van der Waals surface area contributed by atoms with Crippen LogP contribution >= 0.6 is 0 Å². The van der Waals surface area contributed by atoms with Crippen LogP contribution in [0.3, 0.4) is 0 Å². The van der Waals surface area contributed by atoms with Gasteiger partial charge >= 0.3 is 0 Å². The summed E-state index contributed by atoms with van der Waals surface area (Å²) in [7, 11) is 0. The summed E-state index contributed by atoms with van der Waals surface area (Å²) >= 11 is 0. The number of carbonyl (C=O) groups is 2. The van der Waals surface area contributed by atoms with Gasteiger partial charge < -0.3 is 10.2 Å². The minimum atomic E-state index is -0.677. The molecule has 4 nitrogen and oxygen atoms in total. The summed E-state index contributed by atoms with van der Waals surface area (Å²) < 4.78 is 0. The van der Waals surface area contributed by atoms with E-state index in [1.165, 1.54) is 12.8 Å². The summed E-state index contributed by atoms with van der Waals surface area (Å²) in [6, 6.07) is -0.0336. The smallest absolute Gasteiger partial charge is 0.249 e. The van der Waals surface area contributed by atoms with E-state index in [1.807, 2.05) is 25.7 Å². The van der Waals surface area contributed by atoms with E-state index < -0.39 is 5.54 Å². The number of hydrogen-bond acceptors (Lipinski definition) is 2. The number of nitrogens with zero attached hydrogens (tertiary/aromatic N) is 1. The average molecular weight is 294 g/mol. The second-order valence-corrected chi connectivity index (χ2v) is 6.84. The molecule has 1 N–H and O–H groups in total. The Kier molecular flexibility index (Phi) is 4.95. The number of hydrogen-bond donors (Lipinski definition) is 1. The predicted molar refractivity (Wildman–Crippen MR) is 83.8 cm³/mol. The lowest BCUT2D eigenvalue weighted by Gasteiger charge is -2.49. The van der Waals surface area contributed by atoms with Crippen LogP contribution in [0.25, 0.3) is 0 Å². The number of amides is 2. The summed E-state index contributed by atoms with van der Waals surface area (Å²) in [4.78, 5) is 27.6. The molecule has 1 aliphatic heterocycles. The van der Waals surface area contributed by atoms with Gasteiger partial charge in [0.1, 0.15) is 11.6 Å². The maximum Gasteiger partial charge on any atom is 0.249 e. The second kappa shape index (κ2) is 6.37. The maximum absolute atomic E-state index is 13.1. The van der Waals surface area contributed by atoms with Crippen molar-refractivity contribution in [3.63, 3.8) is 0 Å². The van der Waals surface area contributed by atoms with Crippen molar-refractivity contribution in [2.75, 3.05) is 0 Å². The monoisotopic (exact) mass is 294 g/mol. The van der Waals surface area contributed by atoms with Crippen LogP contribution < -0.4 is 5.32 Å². The normalized spacial score (nSPS) is 33.0. The highest BCUT2D eigenvalue weighted by Crippen LogP contribution is 2.34. The Labute approximate surface area is 128 Å². The zero-order chi connectivity index (χ0) is 15.6. The lowest BCUT2D eigenvalue weighted by molar-refractivity contribution is -0.159. The lowest BCUT2D eigenvalue weighted by Crippen LogP contribution is -2.71. The molecule has 1 saturated heterocycles. The molecule has 2 rings (SSSR count). The fraction of sp³-hybridized carbons (Fsp3) is 0.882. The van der Waals surface area contributed by atoms with E-state index in [9.17, 15) is 9.59 Å². The molecule has 3 atom stereocenters. The fourth-order valence-corrected chi connectivity index (χ4v) is 4.07. The highest BCUT2D eigenvalue weighted by atomic mass is 16.2. The largest absolute Gasteiger partial charge is 0.340 e. The molecule has 0 spiro atoms. The summed E-state index contributed by atoms with van der Waals surface area (Å²) in [5.74, 6) is 0.841. The van der Waals surface area contributed by atoms with Gasteiger partial charge in [-0.3, -0.25) is 9.59 Å². The molecular formula is C17H30N2O2. The molecule has 2 aliphatic rings. The van der Waals surface area contributed by atoms with Gasteiger partial charge in [-0.25, -0.2) is 0 Å². The van der Waals surface area contributed by atoms with Crippen molar-refractivity contribution < 1.29 is 9.59 Å². The molecule has 0 bridgehead atoms. The lowest BCUT2D eigenvalue weighted by atomic mass is 9.81. The number of nitrogens with one attached hydrogen (secondary N) is 1. The van der Waals surface area contributed by atoms with Crippen LogP contribution in [0.4, 0.5) is 0 Å². The average Bonchev–Trinajstić information content (AvgIpc) is 2.48. The first-order chi connectivity index (χ1) is 9.99. The van der Waals surface area contributed by atoms with Gasteiger partial charge in [0.2, 0.25) is 11.8 Å². The topological polar surface area (TPSA) is 49.4 Å². The van der Waals surface area contributed by atoms with Crippen LogP contribution in [0.2, 0.25) is 0 Å². The van der Waals surface area contributed by atoms with Crippen LogP contribution in [0.15, 0.2) is 0 Å². The third kappa shape index (κ3) is 2.82. The van der Waals surface area contributed by atoms with E-state index in [0.29, 0.717) is 25.2 Å². The molecule has 120 valence electrons. The fourth-order valence-electron chi connectivity index (χ4n) is 4.07. The third-order valence-corrected chi connectivity index (χ3v) is 5.54. The highest BCUT2D eigenvalue weighted by Gasteiger charge is 2.50. The molecule has 2 fully saturated rings. The van der Waals surface area contributed by atoms with Gasteiger partial charge in [-0.15, -0.1) is 0 Å². The standard InChI is InChI=1S/C17H30N2O2/c1-5-14-15(20)18-17(6-2,7-3)16(21)19(14)13-10-8-9-12(4)11-13/h12-14H,5-11H2,1-4H3,(H,18,20). The molecule has 1 aliphatic carbocycles. The number of piperazine rings is 1. The third-order valence-electron chi connectivity index (χ3n) is 5.54. The van der Waals surface area contributed by atoms with E-state index in [1.54, 1.807) is 0 Å². The second-order valence-electron chi connectivity index (χ2n) is 6.84. The molecule has 1 heterocycles. The summed E-state index contributed by atoms with van der Waals surface area (Å²) in [5.41, 5.74) is -0.677. The van der Waals surface area contributed by atoms with Gasteiger partial charge in [0.05, 0.1) is 0 Å². The molecule has 0 radical (unpaired) electrons. The quantitative estimate of drug-likeness (QED) is 0.866. The highest BCUT2D eigenvalue weighted by molar-refractivity contribution is 6.00. The first kappa shape index (κ1) is 16.3. The van der Waals surface area contributed by atoms with Gasteiger partial charge in [-0.05, 0) is 38.0 Å². The van der Waals surface area contributed by atoms with Gasteiger partial charge in [0, 0.05) is 6.04 Å². The molecule has 3 unspecified atom stereocenters.